The van der Waals surface area contributed by atoms with Crippen molar-refractivity contribution >= 4 is 0 Å². The Morgan fingerprint density at radius 2 is 1.79 bits per heavy atom. The molecule has 1 saturated heterocycles. The third kappa shape index (κ3) is 3.63. The Kier molecular flexibility index (Phi) is 5.22. The molecule has 3 rings (SSSR count). The lowest BCUT2D eigenvalue weighted by Gasteiger charge is -2.17. The maximum atomic E-state index is 6.06. The van der Waals surface area contributed by atoms with E-state index in [1.165, 1.54) is 33.4 Å². The largest absolute Gasteiger partial charge is 0.488 e. The Hall–Kier alpha value is -1.84. The van der Waals surface area contributed by atoms with E-state index >= 15 is 0 Å². The summed E-state index contributed by atoms with van der Waals surface area (Å²) in [6.45, 7) is 8.55. The van der Waals surface area contributed by atoms with Crippen molar-refractivity contribution in [3.05, 3.63) is 52.6 Å². The first kappa shape index (κ1) is 17.0. The van der Waals surface area contributed by atoms with Gasteiger partial charge in [-0.05, 0) is 72.4 Å². The predicted molar refractivity (Wildman–Crippen MR) is 96.7 cm³/mol. The summed E-state index contributed by atoms with van der Waals surface area (Å²) in [5.41, 5.74) is 7.47. The van der Waals surface area contributed by atoms with Crippen LogP contribution in [0.4, 0.5) is 0 Å². The van der Waals surface area contributed by atoms with Gasteiger partial charge < -0.3 is 14.2 Å². The normalized spacial score (nSPS) is 17.2. The van der Waals surface area contributed by atoms with Crippen LogP contribution in [0.15, 0.2) is 30.3 Å². The number of hydrogen-bond donors (Lipinski definition) is 0. The molecule has 1 unspecified atom stereocenters. The number of aryl methyl sites for hydroxylation is 3. The number of benzene rings is 2. The minimum Gasteiger partial charge on any atom is -0.488 e. The molecule has 1 aliphatic rings. The number of rotatable bonds is 5. The smallest absolute Gasteiger partial charge is 0.124 e. The molecule has 0 aromatic heterocycles. The van der Waals surface area contributed by atoms with E-state index in [2.05, 4.69) is 51.1 Å². The highest BCUT2D eigenvalue weighted by molar-refractivity contribution is 5.72. The monoisotopic (exact) mass is 326 g/mol. The molecule has 2 aromatic rings. The Labute approximate surface area is 144 Å². The van der Waals surface area contributed by atoms with Crippen LogP contribution in [0, 0.1) is 20.8 Å². The first-order chi connectivity index (χ1) is 11.6. The summed E-state index contributed by atoms with van der Waals surface area (Å²) < 4.78 is 16.8. The fourth-order valence-corrected chi connectivity index (χ4v) is 3.38. The van der Waals surface area contributed by atoms with Crippen LogP contribution in [0.1, 0.15) is 28.7 Å². The van der Waals surface area contributed by atoms with Gasteiger partial charge in [-0.2, -0.15) is 0 Å². The number of methoxy groups -OCH3 is 1. The summed E-state index contributed by atoms with van der Waals surface area (Å²) in [5.74, 6) is 0.938. The minimum atomic E-state index is 0.183. The first-order valence-corrected chi connectivity index (χ1v) is 8.53. The van der Waals surface area contributed by atoms with Gasteiger partial charge in [-0.25, -0.2) is 0 Å². The van der Waals surface area contributed by atoms with Gasteiger partial charge in [0, 0.05) is 13.5 Å². The maximum Gasteiger partial charge on any atom is 0.124 e. The summed E-state index contributed by atoms with van der Waals surface area (Å²) in [5, 5.41) is 0. The molecule has 128 valence electrons. The Balaban J connectivity index is 1.92. The van der Waals surface area contributed by atoms with Gasteiger partial charge in [-0.15, -0.1) is 0 Å². The molecular weight excluding hydrogens is 300 g/mol. The predicted octanol–water partition coefficient (Wildman–Crippen LogP) is 4.59. The van der Waals surface area contributed by atoms with Gasteiger partial charge in [-0.1, -0.05) is 12.1 Å². The van der Waals surface area contributed by atoms with E-state index in [1.807, 2.05) is 0 Å². The molecule has 1 atom stereocenters. The Morgan fingerprint density at radius 1 is 1.04 bits per heavy atom. The lowest BCUT2D eigenvalue weighted by Crippen LogP contribution is -2.15. The van der Waals surface area contributed by atoms with E-state index in [9.17, 15) is 0 Å². The summed E-state index contributed by atoms with van der Waals surface area (Å²) >= 11 is 0. The molecule has 0 amide bonds. The highest BCUT2D eigenvalue weighted by atomic mass is 16.5. The van der Waals surface area contributed by atoms with Crippen molar-refractivity contribution in [2.45, 2.75) is 39.9 Å². The van der Waals surface area contributed by atoms with Gasteiger partial charge >= 0.3 is 0 Å². The molecule has 1 aliphatic heterocycles. The van der Waals surface area contributed by atoms with Crippen molar-refractivity contribution < 1.29 is 14.2 Å². The van der Waals surface area contributed by atoms with Gasteiger partial charge in [-0.3, -0.25) is 0 Å². The van der Waals surface area contributed by atoms with Crippen LogP contribution in [0.25, 0.3) is 11.1 Å². The minimum absolute atomic E-state index is 0.183. The van der Waals surface area contributed by atoms with Crippen LogP contribution in [-0.4, -0.2) is 26.4 Å². The summed E-state index contributed by atoms with van der Waals surface area (Å²) in [6.07, 6.45) is 1.15. The highest BCUT2D eigenvalue weighted by Gasteiger charge is 2.18. The standard InChI is InChI=1S/C21H26O3/c1-14-5-6-17(11-18(14)12-22-4)21-15(2)9-20(10-16(21)3)24-19-7-8-23-13-19/h5-6,9-11,19H,7-8,12-13H2,1-4H3. The molecule has 0 aliphatic carbocycles. The van der Waals surface area contributed by atoms with Gasteiger partial charge in [0.15, 0.2) is 0 Å². The molecule has 0 bridgehead atoms. The van der Waals surface area contributed by atoms with E-state index in [4.69, 9.17) is 14.2 Å². The van der Waals surface area contributed by atoms with Gasteiger partial charge in [0.25, 0.3) is 0 Å². The second kappa shape index (κ2) is 7.37. The zero-order chi connectivity index (χ0) is 17.1. The average Bonchev–Trinajstić information content (AvgIpc) is 3.03. The molecule has 0 saturated carbocycles. The second-order valence-electron chi connectivity index (χ2n) is 6.61. The van der Waals surface area contributed by atoms with Gasteiger partial charge in [0.2, 0.25) is 0 Å². The lowest BCUT2D eigenvalue weighted by molar-refractivity contribution is 0.141. The van der Waals surface area contributed by atoms with Crippen molar-refractivity contribution in [2.75, 3.05) is 20.3 Å². The zero-order valence-electron chi connectivity index (χ0n) is 15.0. The molecule has 3 heteroatoms. The van der Waals surface area contributed by atoms with E-state index < -0.39 is 0 Å². The maximum absolute atomic E-state index is 6.06. The van der Waals surface area contributed by atoms with Crippen LogP contribution in [0.3, 0.4) is 0 Å². The van der Waals surface area contributed by atoms with Crippen molar-refractivity contribution in [1.82, 2.24) is 0 Å². The molecule has 3 nitrogen and oxygen atoms in total. The number of ether oxygens (including phenoxy) is 3. The third-order valence-electron chi connectivity index (χ3n) is 4.63. The molecule has 0 spiro atoms. The quantitative estimate of drug-likeness (QED) is 0.804. The fourth-order valence-electron chi connectivity index (χ4n) is 3.38. The molecule has 1 fully saturated rings. The molecular formula is C21H26O3. The topological polar surface area (TPSA) is 27.7 Å². The van der Waals surface area contributed by atoms with Crippen molar-refractivity contribution in [3.63, 3.8) is 0 Å². The van der Waals surface area contributed by atoms with Crippen molar-refractivity contribution in [1.29, 1.82) is 0 Å². The summed E-state index contributed by atoms with van der Waals surface area (Å²) in [4.78, 5) is 0. The molecule has 1 heterocycles. The third-order valence-corrected chi connectivity index (χ3v) is 4.63. The van der Waals surface area contributed by atoms with Crippen LogP contribution >= 0.6 is 0 Å². The summed E-state index contributed by atoms with van der Waals surface area (Å²) in [7, 11) is 1.74. The van der Waals surface area contributed by atoms with Crippen LogP contribution in [0.5, 0.6) is 5.75 Å². The molecule has 0 radical (unpaired) electrons. The Bertz CT molecular complexity index is 692. The number of hydrogen-bond acceptors (Lipinski definition) is 3. The van der Waals surface area contributed by atoms with Crippen LogP contribution in [0.2, 0.25) is 0 Å². The fraction of sp³-hybridized carbons (Fsp3) is 0.429. The van der Waals surface area contributed by atoms with E-state index in [0.29, 0.717) is 13.2 Å². The SMILES string of the molecule is COCc1cc(-c2c(C)cc(OC3CCOC3)cc2C)ccc1C. The molecule has 24 heavy (non-hydrogen) atoms. The second-order valence-corrected chi connectivity index (χ2v) is 6.61. The van der Waals surface area contributed by atoms with E-state index in [0.717, 1.165) is 18.8 Å². The van der Waals surface area contributed by atoms with Crippen molar-refractivity contribution in [2.24, 2.45) is 0 Å². The van der Waals surface area contributed by atoms with Crippen molar-refractivity contribution in [3.8, 4) is 16.9 Å². The zero-order valence-corrected chi connectivity index (χ0v) is 15.0. The molecule has 2 aromatic carbocycles. The van der Waals surface area contributed by atoms with Crippen LogP contribution in [-0.2, 0) is 16.1 Å². The Morgan fingerprint density at radius 3 is 2.42 bits per heavy atom. The summed E-state index contributed by atoms with van der Waals surface area (Å²) in [6, 6.07) is 10.9. The highest BCUT2D eigenvalue weighted by Crippen LogP contribution is 2.33. The van der Waals surface area contributed by atoms with E-state index in [-0.39, 0.29) is 6.10 Å². The van der Waals surface area contributed by atoms with E-state index in [1.54, 1.807) is 7.11 Å². The van der Waals surface area contributed by atoms with Crippen LogP contribution < -0.4 is 4.74 Å². The molecule has 0 N–H and O–H groups in total. The average molecular weight is 326 g/mol. The van der Waals surface area contributed by atoms with Gasteiger partial charge in [0.1, 0.15) is 11.9 Å². The van der Waals surface area contributed by atoms with Gasteiger partial charge in [0.05, 0.1) is 19.8 Å². The lowest BCUT2D eigenvalue weighted by atomic mass is 9.93. The first-order valence-electron chi connectivity index (χ1n) is 8.53.